The molecule has 1 saturated heterocycles. The Balaban J connectivity index is 1.35. The number of rotatable bonds is 3. The summed E-state index contributed by atoms with van der Waals surface area (Å²) < 4.78 is 0. The molecule has 4 aliphatic carbocycles. The highest BCUT2D eigenvalue weighted by Gasteiger charge is 2.62. The molecule has 0 spiro atoms. The summed E-state index contributed by atoms with van der Waals surface area (Å²) in [4.78, 5) is 31.3. The number of Topliss-reactive ketones (excluding diaryl/α,β-unsaturated/α-hetero) is 2. The lowest BCUT2D eigenvalue weighted by Gasteiger charge is -2.57. The van der Waals surface area contributed by atoms with Crippen LogP contribution in [0.1, 0.15) is 52.4 Å². The molecule has 4 fully saturated rings. The quantitative estimate of drug-likeness (QED) is 0.696. The Morgan fingerprint density at radius 2 is 1.78 bits per heavy atom. The molecule has 32 heavy (non-hydrogen) atoms. The lowest BCUT2D eigenvalue weighted by Crippen LogP contribution is -2.54. The third kappa shape index (κ3) is 3.12. The molecule has 1 aliphatic heterocycles. The van der Waals surface area contributed by atoms with Gasteiger partial charge >= 0.3 is 0 Å². The van der Waals surface area contributed by atoms with Gasteiger partial charge in [0.2, 0.25) is 11.5 Å². The summed E-state index contributed by atoms with van der Waals surface area (Å²) in [6.45, 7) is 8.90. The van der Waals surface area contributed by atoms with Crippen LogP contribution in [0.2, 0.25) is 0 Å². The van der Waals surface area contributed by atoms with Gasteiger partial charge in [-0.1, -0.05) is 12.5 Å². The Morgan fingerprint density at radius 3 is 2.50 bits per heavy atom. The third-order valence-corrected chi connectivity index (χ3v) is 10.2. The van der Waals surface area contributed by atoms with Gasteiger partial charge in [0, 0.05) is 32.1 Å². The number of nitrogens with zero attached hydrogens (tertiary/aromatic N) is 2. The highest BCUT2D eigenvalue weighted by atomic mass is 16.3. The first-order valence-corrected chi connectivity index (χ1v) is 12.5. The number of carbonyl (C=O) groups is 2. The van der Waals surface area contributed by atoms with Crippen molar-refractivity contribution in [2.24, 2.45) is 34.5 Å². The van der Waals surface area contributed by atoms with Crippen molar-refractivity contribution >= 4 is 11.6 Å². The molecule has 6 heteroatoms. The smallest absolute Gasteiger partial charge is 0.211 e. The second kappa shape index (κ2) is 7.69. The van der Waals surface area contributed by atoms with Crippen LogP contribution in [0.3, 0.4) is 0 Å². The van der Waals surface area contributed by atoms with E-state index in [1.54, 1.807) is 6.08 Å². The fourth-order valence-electron chi connectivity index (χ4n) is 8.22. The van der Waals surface area contributed by atoms with E-state index in [2.05, 4.69) is 23.8 Å². The fraction of sp³-hybridized carbons (Fsp3) is 0.769. The molecule has 0 bridgehead atoms. The zero-order valence-electron chi connectivity index (χ0n) is 19.8. The van der Waals surface area contributed by atoms with Crippen LogP contribution < -0.4 is 0 Å². The van der Waals surface area contributed by atoms with Gasteiger partial charge in [-0.3, -0.25) is 14.5 Å². The number of carbonyl (C=O) groups excluding carboxylic acids is 2. The molecule has 0 aromatic rings. The maximum Gasteiger partial charge on any atom is 0.211 e. The van der Waals surface area contributed by atoms with Crippen molar-refractivity contribution in [2.75, 3.05) is 39.8 Å². The van der Waals surface area contributed by atoms with Gasteiger partial charge in [-0.15, -0.1) is 0 Å². The predicted molar refractivity (Wildman–Crippen MR) is 122 cm³/mol. The minimum atomic E-state index is -0.720. The summed E-state index contributed by atoms with van der Waals surface area (Å²) in [6.07, 6.45) is 7.33. The largest absolute Gasteiger partial charge is 0.504 e. The zero-order chi connectivity index (χ0) is 22.8. The van der Waals surface area contributed by atoms with Gasteiger partial charge in [0.1, 0.15) is 5.78 Å². The average molecular weight is 443 g/mol. The minimum absolute atomic E-state index is 0.0140. The molecule has 0 unspecified atom stereocenters. The number of fused-ring (bicyclic) bond motifs is 5. The molecule has 0 amide bonds. The number of hydrogen-bond donors (Lipinski definition) is 2. The van der Waals surface area contributed by atoms with E-state index in [0.29, 0.717) is 24.2 Å². The maximum atomic E-state index is 13.5. The lowest BCUT2D eigenvalue weighted by molar-refractivity contribution is -0.139. The summed E-state index contributed by atoms with van der Waals surface area (Å²) in [5.74, 6) is 0.497. The van der Waals surface area contributed by atoms with Crippen LogP contribution in [0.15, 0.2) is 23.2 Å². The van der Waals surface area contributed by atoms with Gasteiger partial charge in [-0.2, -0.15) is 0 Å². The molecule has 5 aliphatic rings. The van der Waals surface area contributed by atoms with Crippen molar-refractivity contribution in [2.45, 2.75) is 52.4 Å². The van der Waals surface area contributed by atoms with Crippen LogP contribution in [-0.2, 0) is 9.59 Å². The van der Waals surface area contributed by atoms with Gasteiger partial charge in [-0.05, 0) is 81.7 Å². The molecule has 3 saturated carbocycles. The van der Waals surface area contributed by atoms with Crippen LogP contribution >= 0.6 is 0 Å². The van der Waals surface area contributed by atoms with E-state index in [1.165, 1.54) is 0 Å². The van der Waals surface area contributed by atoms with Crippen molar-refractivity contribution in [3.05, 3.63) is 23.2 Å². The first-order chi connectivity index (χ1) is 15.2. The van der Waals surface area contributed by atoms with Gasteiger partial charge in [0.25, 0.3) is 0 Å². The van der Waals surface area contributed by atoms with E-state index >= 15 is 0 Å². The van der Waals surface area contributed by atoms with Gasteiger partial charge in [-0.25, -0.2) is 0 Å². The second-order valence-corrected chi connectivity index (χ2v) is 11.6. The normalized spacial score (nSPS) is 42.8. The second-order valence-electron chi connectivity index (χ2n) is 11.6. The molecule has 176 valence electrons. The van der Waals surface area contributed by atoms with E-state index in [9.17, 15) is 19.8 Å². The predicted octanol–water partition coefficient (Wildman–Crippen LogP) is 3.50. The standard InChI is InChI=1S/C26H38N2O4/c1-25-9-8-19-17(5-4-16-14-21(29)23(31)24(32)26(16,19)2)18(25)6-7-20(25)22(30)15-28-12-10-27(3)11-13-28/h14,17-20,29,31H,4-13,15H2,1-3H3/t17-,18-,19-,20-,25-,26-/m0/s1. The number of hydrogen-bond acceptors (Lipinski definition) is 6. The zero-order valence-corrected chi connectivity index (χ0v) is 19.8. The van der Waals surface area contributed by atoms with Crippen molar-refractivity contribution in [3.63, 3.8) is 0 Å². The van der Waals surface area contributed by atoms with Gasteiger partial charge in [0.15, 0.2) is 5.76 Å². The van der Waals surface area contributed by atoms with Crippen LogP contribution in [0, 0.1) is 34.5 Å². The van der Waals surface area contributed by atoms with Crippen LogP contribution in [0.25, 0.3) is 0 Å². The van der Waals surface area contributed by atoms with Crippen LogP contribution in [0.5, 0.6) is 0 Å². The molecule has 6 nitrogen and oxygen atoms in total. The number of ketones is 2. The summed E-state index contributed by atoms with van der Waals surface area (Å²) in [7, 11) is 2.14. The summed E-state index contributed by atoms with van der Waals surface area (Å²) in [5, 5.41) is 20.3. The highest BCUT2D eigenvalue weighted by molar-refractivity contribution is 6.02. The molecule has 5 rings (SSSR count). The van der Waals surface area contributed by atoms with Crippen molar-refractivity contribution in [1.29, 1.82) is 0 Å². The molecular formula is C26H38N2O4. The Kier molecular flexibility index (Phi) is 5.33. The van der Waals surface area contributed by atoms with Gasteiger partial charge < -0.3 is 15.1 Å². The Labute approximate surface area is 191 Å². The van der Waals surface area contributed by atoms with Crippen LogP contribution in [0.4, 0.5) is 0 Å². The number of likely N-dealkylation sites (N-methyl/N-ethyl adjacent to an activating group) is 1. The van der Waals surface area contributed by atoms with Gasteiger partial charge in [0.05, 0.1) is 12.0 Å². The van der Waals surface area contributed by atoms with E-state index in [4.69, 9.17) is 0 Å². The Morgan fingerprint density at radius 1 is 1.06 bits per heavy atom. The Hall–Kier alpha value is -1.66. The molecule has 6 atom stereocenters. The fourth-order valence-corrected chi connectivity index (χ4v) is 8.22. The molecule has 0 radical (unpaired) electrons. The van der Waals surface area contributed by atoms with E-state index in [-0.39, 0.29) is 28.8 Å². The number of allylic oxidation sites excluding steroid dienone is 3. The topological polar surface area (TPSA) is 81.1 Å². The van der Waals surface area contributed by atoms with E-state index in [1.807, 2.05) is 6.92 Å². The molecule has 2 N–H and O–H groups in total. The summed E-state index contributed by atoms with van der Waals surface area (Å²) in [6, 6.07) is 0. The van der Waals surface area contributed by atoms with Crippen molar-refractivity contribution < 1.29 is 19.8 Å². The minimum Gasteiger partial charge on any atom is -0.504 e. The van der Waals surface area contributed by atoms with Crippen molar-refractivity contribution in [1.82, 2.24) is 9.80 Å². The Bertz CT molecular complexity index is 886. The first kappa shape index (κ1) is 22.1. The van der Waals surface area contributed by atoms with Crippen LogP contribution in [-0.4, -0.2) is 71.4 Å². The number of piperazine rings is 1. The summed E-state index contributed by atoms with van der Waals surface area (Å²) >= 11 is 0. The molecule has 1 heterocycles. The molecular weight excluding hydrogens is 404 g/mol. The van der Waals surface area contributed by atoms with Crippen molar-refractivity contribution in [3.8, 4) is 0 Å². The third-order valence-electron chi connectivity index (χ3n) is 10.2. The lowest BCUT2D eigenvalue weighted by atomic mass is 9.46. The SMILES string of the molecule is CN1CCN(CC(=O)[C@@H]2CC[C@H]3[C@@H]4CCC5=CC(O)=C(O)C(=O)[C@]5(C)[C@H]4CC[C@]23C)CC1. The average Bonchev–Trinajstić information content (AvgIpc) is 3.12. The monoisotopic (exact) mass is 442 g/mol. The molecule has 0 aromatic carbocycles. The van der Waals surface area contributed by atoms with E-state index in [0.717, 1.165) is 70.3 Å². The van der Waals surface area contributed by atoms with E-state index < -0.39 is 11.2 Å². The number of aliphatic hydroxyl groups is 2. The first-order valence-electron chi connectivity index (χ1n) is 12.5. The number of aliphatic hydroxyl groups excluding tert-OH is 2. The maximum absolute atomic E-state index is 13.5. The summed E-state index contributed by atoms with van der Waals surface area (Å²) in [5.41, 5.74) is 0.270. The highest BCUT2D eigenvalue weighted by Crippen LogP contribution is 2.66. The molecule has 0 aromatic heterocycles.